The fourth-order valence-electron chi connectivity index (χ4n) is 3.42. The number of rotatable bonds is 7. The summed E-state index contributed by atoms with van der Waals surface area (Å²) in [5, 5.41) is 16.5. The number of ether oxygens (including phenoxy) is 1. The van der Waals surface area contributed by atoms with Gasteiger partial charge in [-0.1, -0.05) is 5.21 Å². The third-order valence-electron chi connectivity index (χ3n) is 4.92. The van der Waals surface area contributed by atoms with E-state index >= 15 is 0 Å². The SMILES string of the molecule is Cc1nnn(C)c1CCOc1cc(F)ccc1-c1ccc2nnc(CN(C)C)n2c1. The van der Waals surface area contributed by atoms with Gasteiger partial charge in [-0.3, -0.25) is 9.08 Å². The summed E-state index contributed by atoms with van der Waals surface area (Å²) in [6.45, 7) is 2.96. The predicted octanol–water partition coefficient (Wildman–Crippen LogP) is 2.66. The molecule has 0 fully saturated rings. The van der Waals surface area contributed by atoms with Gasteiger partial charge in [0.05, 0.1) is 24.5 Å². The molecule has 0 bridgehead atoms. The van der Waals surface area contributed by atoms with E-state index in [0.717, 1.165) is 34.0 Å². The molecule has 3 aromatic heterocycles. The molecule has 0 aliphatic heterocycles. The van der Waals surface area contributed by atoms with Crippen LogP contribution in [0.3, 0.4) is 0 Å². The number of aromatic nitrogens is 6. The number of aryl methyl sites for hydroxylation is 2. The molecule has 0 aliphatic carbocycles. The molecule has 9 heteroatoms. The average molecular weight is 409 g/mol. The Kier molecular flexibility index (Phi) is 5.45. The Morgan fingerprint density at radius 2 is 1.93 bits per heavy atom. The van der Waals surface area contributed by atoms with Crippen molar-refractivity contribution in [2.75, 3.05) is 20.7 Å². The maximum Gasteiger partial charge on any atom is 0.160 e. The minimum absolute atomic E-state index is 0.342. The zero-order valence-electron chi connectivity index (χ0n) is 17.5. The topological polar surface area (TPSA) is 73.4 Å². The summed E-state index contributed by atoms with van der Waals surface area (Å²) in [5.74, 6) is 0.982. The number of pyridine rings is 1. The molecule has 3 heterocycles. The van der Waals surface area contributed by atoms with Crippen LogP contribution in [0.2, 0.25) is 0 Å². The smallest absolute Gasteiger partial charge is 0.160 e. The van der Waals surface area contributed by atoms with Gasteiger partial charge in [-0.05, 0) is 45.3 Å². The molecule has 0 radical (unpaired) electrons. The molecular formula is C21H24FN7O. The number of hydrogen-bond donors (Lipinski definition) is 0. The van der Waals surface area contributed by atoms with Crippen molar-refractivity contribution < 1.29 is 9.13 Å². The zero-order chi connectivity index (χ0) is 21.3. The molecule has 4 rings (SSSR count). The number of hydrogen-bond acceptors (Lipinski definition) is 6. The van der Waals surface area contributed by atoms with Crippen LogP contribution in [0.15, 0.2) is 36.5 Å². The van der Waals surface area contributed by atoms with Crippen molar-refractivity contribution in [3.63, 3.8) is 0 Å². The van der Waals surface area contributed by atoms with Crippen LogP contribution in [0.5, 0.6) is 5.75 Å². The lowest BCUT2D eigenvalue weighted by Crippen LogP contribution is -2.13. The standard InChI is InChI=1S/C21H24FN7O/c1-14-18(28(4)26-23-14)9-10-30-19-11-16(22)6-7-17(19)15-5-8-20-24-25-21(13-27(2)3)29(20)12-15/h5-8,11-12H,9-10,13H2,1-4H3. The highest BCUT2D eigenvalue weighted by Crippen LogP contribution is 2.31. The van der Waals surface area contributed by atoms with Gasteiger partial charge in [0.25, 0.3) is 0 Å². The molecule has 0 N–H and O–H groups in total. The van der Waals surface area contributed by atoms with E-state index in [9.17, 15) is 4.39 Å². The maximum absolute atomic E-state index is 14.0. The van der Waals surface area contributed by atoms with E-state index in [2.05, 4.69) is 20.5 Å². The Morgan fingerprint density at radius 3 is 2.67 bits per heavy atom. The largest absolute Gasteiger partial charge is 0.492 e. The molecule has 8 nitrogen and oxygen atoms in total. The molecule has 0 atom stereocenters. The van der Waals surface area contributed by atoms with E-state index in [-0.39, 0.29) is 5.82 Å². The first kappa shape index (κ1) is 20.0. The summed E-state index contributed by atoms with van der Waals surface area (Å²) in [6, 6.07) is 8.44. The molecule has 156 valence electrons. The third-order valence-corrected chi connectivity index (χ3v) is 4.92. The minimum atomic E-state index is -0.342. The molecular weight excluding hydrogens is 385 g/mol. The quantitative estimate of drug-likeness (QED) is 0.467. The summed E-state index contributed by atoms with van der Waals surface area (Å²) in [7, 11) is 5.81. The number of nitrogens with zero attached hydrogens (tertiary/aromatic N) is 7. The van der Waals surface area contributed by atoms with Gasteiger partial charge in [-0.15, -0.1) is 15.3 Å². The summed E-state index contributed by atoms with van der Waals surface area (Å²) < 4.78 is 23.6. The van der Waals surface area contributed by atoms with Crippen LogP contribution >= 0.6 is 0 Å². The highest BCUT2D eigenvalue weighted by Gasteiger charge is 2.13. The Balaban J connectivity index is 1.62. The lowest BCUT2D eigenvalue weighted by Gasteiger charge is -2.13. The summed E-state index contributed by atoms with van der Waals surface area (Å²) in [4.78, 5) is 2.03. The van der Waals surface area contributed by atoms with Gasteiger partial charge in [0.15, 0.2) is 11.5 Å². The van der Waals surface area contributed by atoms with Gasteiger partial charge >= 0.3 is 0 Å². The lowest BCUT2D eigenvalue weighted by atomic mass is 10.1. The van der Waals surface area contributed by atoms with Crippen molar-refractivity contribution in [3.05, 3.63) is 59.6 Å². The van der Waals surface area contributed by atoms with Crippen molar-refractivity contribution in [1.82, 2.24) is 34.5 Å². The average Bonchev–Trinajstić information content (AvgIpc) is 3.25. The predicted molar refractivity (Wildman–Crippen MR) is 111 cm³/mol. The molecule has 0 spiro atoms. The van der Waals surface area contributed by atoms with Crippen LogP contribution in [-0.2, 0) is 20.0 Å². The van der Waals surface area contributed by atoms with Crippen LogP contribution in [0.1, 0.15) is 17.2 Å². The van der Waals surface area contributed by atoms with E-state index < -0.39 is 0 Å². The minimum Gasteiger partial charge on any atom is -0.492 e. The monoisotopic (exact) mass is 409 g/mol. The van der Waals surface area contributed by atoms with Crippen molar-refractivity contribution in [2.24, 2.45) is 7.05 Å². The van der Waals surface area contributed by atoms with Gasteiger partial charge in [0.2, 0.25) is 0 Å². The Morgan fingerprint density at radius 1 is 1.10 bits per heavy atom. The normalized spacial score (nSPS) is 11.5. The molecule has 0 unspecified atom stereocenters. The van der Waals surface area contributed by atoms with Gasteiger partial charge in [0.1, 0.15) is 11.6 Å². The summed E-state index contributed by atoms with van der Waals surface area (Å²) >= 11 is 0. The Labute approximate surface area is 173 Å². The number of fused-ring (bicyclic) bond motifs is 1. The first-order chi connectivity index (χ1) is 14.4. The molecule has 0 saturated heterocycles. The Hall–Kier alpha value is -3.33. The zero-order valence-corrected chi connectivity index (χ0v) is 17.5. The highest BCUT2D eigenvalue weighted by atomic mass is 19.1. The molecule has 30 heavy (non-hydrogen) atoms. The highest BCUT2D eigenvalue weighted by molar-refractivity contribution is 5.71. The fraction of sp³-hybridized carbons (Fsp3) is 0.333. The van der Waals surface area contributed by atoms with E-state index in [0.29, 0.717) is 25.3 Å². The van der Waals surface area contributed by atoms with Crippen LogP contribution in [0, 0.1) is 12.7 Å². The summed E-state index contributed by atoms with van der Waals surface area (Å²) in [5.41, 5.74) is 4.33. The fourth-order valence-corrected chi connectivity index (χ4v) is 3.42. The van der Waals surface area contributed by atoms with E-state index in [1.807, 2.05) is 55.7 Å². The molecule has 1 aromatic carbocycles. The van der Waals surface area contributed by atoms with Gasteiger partial charge in [-0.25, -0.2) is 4.39 Å². The molecule has 4 aromatic rings. The van der Waals surface area contributed by atoms with Crippen LogP contribution in [0.25, 0.3) is 16.8 Å². The first-order valence-corrected chi connectivity index (χ1v) is 9.68. The Bertz CT molecular complexity index is 1160. The molecule has 0 aliphatic rings. The van der Waals surface area contributed by atoms with Crippen molar-refractivity contribution in [1.29, 1.82) is 0 Å². The van der Waals surface area contributed by atoms with E-state index in [1.165, 1.54) is 12.1 Å². The van der Waals surface area contributed by atoms with Crippen molar-refractivity contribution in [2.45, 2.75) is 19.9 Å². The first-order valence-electron chi connectivity index (χ1n) is 9.68. The van der Waals surface area contributed by atoms with Crippen LogP contribution < -0.4 is 4.74 Å². The second kappa shape index (κ2) is 8.19. The number of halogens is 1. The maximum atomic E-state index is 14.0. The number of benzene rings is 1. The van der Waals surface area contributed by atoms with Gasteiger partial charge in [-0.2, -0.15) is 0 Å². The summed E-state index contributed by atoms with van der Waals surface area (Å²) in [6.07, 6.45) is 2.59. The van der Waals surface area contributed by atoms with E-state index in [4.69, 9.17) is 4.74 Å². The second-order valence-corrected chi connectivity index (χ2v) is 7.48. The van der Waals surface area contributed by atoms with Gasteiger partial charge < -0.3 is 9.64 Å². The van der Waals surface area contributed by atoms with E-state index in [1.54, 1.807) is 10.7 Å². The van der Waals surface area contributed by atoms with Crippen molar-refractivity contribution >= 4 is 5.65 Å². The molecule has 0 saturated carbocycles. The lowest BCUT2D eigenvalue weighted by molar-refractivity contribution is 0.318. The van der Waals surface area contributed by atoms with Crippen LogP contribution in [-0.4, -0.2) is 55.2 Å². The second-order valence-electron chi connectivity index (χ2n) is 7.48. The van der Waals surface area contributed by atoms with Crippen molar-refractivity contribution in [3.8, 4) is 16.9 Å². The van der Waals surface area contributed by atoms with Gasteiger partial charge in [0, 0.05) is 36.9 Å². The van der Waals surface area contributed by atoms with Crippen LogP contribution in [0.4, 0.5) is 4.39 Å². The molecule has 0 amide bonds. The third kappa shape index (κ3) is 4.02.